The van der Waals surface area contributed by atoms with Gasteiger partial charge in [-0.25, -0.2) is 10.3 Å². The van der Waals surface area contributed by atoms with Crippen LogP contribution in [0.25, 0.3) is 0 Å². The summed E-state index contributed by atoms with van der Waals surface area (Å²) in [6, 6.07) is 3.30. The highest BCUT2D eigenvalue weighted by Crippen LogP contribution is 2.32. The first-order valence-corrected chi connectivity index (χ1v) is 5.18. The van der Waals surface area contributed by atoms with Gasteiger partial charge in [-0.1, -0.05) is 0 Å². The molecule has 0 saturated carbocycles. The molecule has 3 nitrogen and oxygen atoms in total. The van der Waals surface area contributed by atoms with Crippen molar-refractivity contribution in [2.75, 3.05) is 13.4 Å². The smallest absolute Gasteiger partial charge is 0.146 e. The fourth-order valence-corrected chi connectivity index (χ4v) is 1.79. The van der Waals surface area contributed by atoms with Crippen LogP contribution >= 0.6 is 11.8 Å². The van der Waals surface area contributed by atoms with Crippen LogP contribution in [0.15, 0.2) is 17.0 Å². The summed E-state index contributed by atoms with van der Waals surface area (Å²) in [5, 5.41) is 0. The Hall–Kier alpha value is -0.780. The highest BCUT2D eigenvalue weighted by Gasteiger charge is 2.12. The zero-order valence-corrected chi connectivity index (χ0v) is 8.86. The standard InChI is InChI=1S/C9H12FNO2S/c1-12-7-4-3-6(5-13-11)8(10)9(7)14-2/h3-4H,5,11H2,1-2H3. The number of hydrogen-bond donors (Lipinski definition) is 1. The SMILES string of the molecule is COc1ccc(CON)c(F)c1SC. The lowest BCUT2D eigenvalue weighted by Crippen LogP contribution is -2.02. The topological polar surface area (TPSA) is 44.5 Å². The quantitative estimate of drug-likeness (QED) is 0.618. The number of hydrogen-bond acceptors (Lipinski definition) is 4. The largest absolute Gasteiger partial charge is 0.495 e. The molecule has 0 unspecified atom stereocenters. The van der Waals surface area contributed by atoms with Crippen molar-refractivity contribution in [3.63, 3.8) is 0 Å². The van der Waals surface area contributed by atoms with Crippen molar-refractivity contribution in [1.82, 2.24) is 0 Å². The molecule has 0 aliphatic heterocycles. The van der Waals surface area contributed by atoms with Crippen LogP contribution in [0.3, 0.4) is 0 Å². The van der Waals surface area contributed by atoms with Crippen LogP contribution in [-0.4, -0.2) is 13.4 Å². The number of ether oxygens (including phenoxy) is 1. The minimum absolute atomic E-state index is 0.0589. The Kier molecular flexibility index (Phi) is 4.19. The van der Waals surface area contributed by atoms with E-state index >= 15 is 0 Å². The first kappa shape index (κ1) is 11.3. The van der Waals surface area contributed by atoms with Crippen LogP contribution < -0.4 is 10.6 Å². The highest BCUT2D eigenvalue weighted by atomic mass is 32.2. The average molecular weight is 217 g/mol. The lowest BCUT2D eigenvalue weighted by molar-refractivity contribution is 0.121. The maximum atomic E-state index is 13.7. The van der Waals surface area contributed by atoms with Crippen molar-refractivity contribution in [2.24, 2.45) is 5.90 Å². The molecule has 0 aromatic heterocycles. The molecule has 1 aromatic rings. The maximum Gasteiger partial charge on any atom is 0.146 e. The van der Waals surface area contributed by atoms with Gasteiger partial charge in [-0.15, -0.1) is 11.8 Å². The second-order valence-corrected chi connectivity index (χ2v) is 3.40. The van der Waals surface area contributed by atoms with Gasteiger partial charge >= 0.3 is 0 Å². The number of halogens is 1. The minimum Gasteiger partial charge on any atom is -0.495 e. The van der Waals surface area contributed by atoms with Crippen LogP contribution in [0.1, 0.15) is 5.56 Å². The molecule has 1 rings (SSSR count). The molecule has 0 saturated heterocycles. The fourth-order valence-electron chi connectivity index (χ4n) is 1.13. The Bertz CT molecular complexity index is 320. The van der Waals surface area contributed by atoms with E-state index in [1.54, 1.807) is 18.4 Å². The van der Waals surface area contributed by atoms with Crippen LogP contribution in [0.5, 0.6) is 5.75 Å². The molecular weight excluding hydrogens is 205 g/mol. The molecule has 5 heteroatoms. The van der Waals surface area contributed by atoms with E-state index in [1.165, 1.54) is 18.9 Å². The Morgan fingerprint density at radius 2 is 2.21 bits per heavy atom. The number of rotatable bonds is 4. The summed E-state index contributed by atoms with van der Waals surface area (Å²) >= 11 is 1.29. The van der Waals surface area contributed by atoms with Gasteiger partial charge < -0.3 is 4.74 Å². The number of benzene rings is 1. The first-order chi connectivity index (χ1) is 6.74. The third-order valence-electron chi connectivity index (χ3n) is 1.80. The normalized spacial score (nSPS) is 10.3. The third-order valence-corrected chi connectivity index (χ3v) is 2.59. The van der Waals surface area contributed by atoms with E-state index in [4.69, 9.17) is 10.6 Å². The maximum absolute atomic E-state index is 13.7. The Morgan fingerprint density at radius 1 is 1.50 bits per heavy atom. The van der Waals surface area contributed by atoms with Crippen molar-refractivity contribution in [2.45, 2.75) is 11.5 Å². The Labute approximate surface area is 86.3 Å². The van der Waals surface area contributed by atoms with Crippen molar-refractivity contribution < 1.29 is 14.0 Å². The molecule has 0 aliphatic rings. The predicted octanol–water partition coefficient (Wildman–Crippen LogP) is 1.95. The van der Waals surface area contributed by atoms with Gasteiger partial charge in [0.25, 0.3) is 0 Å². The average Bonchev–Trinajstić information content (AvgIpc) is 2.21. The summed E-state index contributed by atoms with van der Waals surface area (Å²) in [6.45, 7) is 0.0589. The Balaban J connectivity index is 3.13. The van der Waals surface area contributed by atoms with E-state index in [-0.39, 0.29) is 12.4 Å². The van der Waals surface area contributed by atoms with Crippen LogP contribution in [0, 0.1) is 5.82 Å². The molecule has 0 radical (unpaired) electrons. The molecule has 0 aliphatic carbocycles. The zero-order chi connectivity index (χ0) is 10.6. The summed E-state index contributed by atoms with van der Waals surface area (Å²) in [5.41, 5.74) is 0.428. The fraction of sp³-hybridized carbons (Fsp3) is 0.333. The van der Waals surface area contributed by atoms with Gasteiger partial charge in [0.2, 0.25) is 0 Å². The third kappa shape index (κ3) is 2.17. The molecule has 1 aromatic carbocycles. The van der Waals surface area contributed by atoms with E-state index in [1.807, 2.05) is 0 Å². The molecule has 78 valence electrons. The van der Waals surface area contributed by atoms with Gasteiger partial charge in [-0.05, 0) is 18.4 Å². The second kappa shape index (κ2) is 5.19. The van der Waals surface area contributed by atoms with Crippen LogP contribution in [-0.2, 0) is 11.4 Å². The zero-order valence-electron chi connectivity index (χ0n) is 8.04. The van der Waals surface area contributed by atoms with E-state index < -0.39 is 0 Å². The lowest BCUT2D eigenvalue weighted by atomic mass is 10.2. The molecule has 0 atom stereocenters. The predicted molar refractivity (Wildman–Crippen MR) is 53.7 cm³/mol. The first-order valence-electron chi connectivity index (χ1n) is 3.95. The molecule has 14 heavy (non-hydrogen) atoms. The van der Waals surface area contributed by atoms with Crippen molar-refractivity contribution in [1.29, 1.82) is 0 Å². The summed E-state index contributed by atoms with van der Waals surface area (Å²) in [4.78, 5) is 4.87. The van der Waals surface area contributed by atoms with E-state index in [9.17, 15) is 4.39 Å². The van der Waals surface area contributed by atoms with Gasteiger partial charge in [-0.2, -0.15) is 0 Å². The summed E-state index contributed by atoms with van der Waals surface area (Å²) < 4.78 is 18.7. The van der Waals surface area contributed by atoms with Gasteiger partial charge in [0.05, 0.1) is 18.6 Å². The summed E-state index contributed by atoms with van der Waals surface area (Å²) in [7, 11) is 1.51. The Morgan fingerprint density at radius 3 is 2.71 bits per heavy atom. The van der Waals surface area contributed by atoms with Gasteiger partial charge in [0.1, 0.15) is 11.6 Å². The number of thioether (sulfide) groups is 1. The highest BCUT2D eigenvalue weighted by molar-refractivity contribution is 7.98. The molecule has 0 fully saturated rings. The van der Waals surface area contributed by atoms with Gasteiger partial charge in [0.15, 0.2) is 0 Å². The van der Waals surface area contributed by atoms with Crippen molar-refractivity contribution >= 4 is 11.8 Å². The lowest BCUT2D eigenvalue weighted by Gasteiger charge is -2.10. The van der Waals surface area contributed by atoms with Gasteiger partial charge in [-0.3, -0.25) is 4.84 Å². The molecule has 0 bridgehead atoms. The number of nitrogens with two attached hydrogens (primary N) is 1. The number of methoxy groups -OCH3 is 1. The van der Waals surface area contributed by atoms with Crippen LogP contribution in [0.4, 0.5) is 4.39 Å². The summed E-state index contributed by atoms with van der Waals surface area (Å²) in [6.07, 6.45) is 1.79. The van der Waals surface area contributed by atoms with E-state index in [0.717, 1.165) is 0 Å². The second-order valence-electron chi connectivity index (χ2n) is 2.59. The monoisotopic (exact) mass is 217 g/mol. The van der Waals surface area contributed by atoms with Crippen LogP contribution in [0.2, 0.25) is 0 Å². The molecule has 0 heterocycles. The minimum atomic E-state index is -0.331. The molecule has 0 amide bonds. The molecule has 2 N–H and O–H groups in total. The van der Waals surface area contributed by atoms with Gasteiger partial charge in [0, 0.05) is 5.56 Å². The van der Waals surface area contributed by atoms with Crippen molar-refractivity contribution in [3.05, 3.63) is 23.5 Å². The van der Waals surface area contributed by atoms with Crippen molar-refractivity contribution in [3.8, 4) is 5.75 Å². The summed E-state index contributed by atoms with van der Waals surface area (Å²) in [5.74, 6) is 5.08. The van der Waals surface area contributed by atoms with E-state index in [2.05, 4.69) is 4.84 Å². The molecular formula is C9H12FNO2S. The molecule has 0 spiro atoms. The van der Waals surface area contributed by atoms with E-state index in [0.29, 0.717) is 16.2 Å².